The van der Waals surface area contributed by atoms with E-state index in [2.05, 4.69) is 5.32 Å². The van der Waals surface area contributed by atoms with Gasteiger partial charge in [0.25, 0.3) is 0 Å². The van der Waals surface area contributed by atoms with E-state index in [9.17, 15) is 8.78 Å². The summed E-state index contributed by atoms with van der Waals surface area (Å²) in [7, 11) is 0. The molecular weight excluding hydrogens is 248 g/mol. The van der Waals surface area contributed by atoms with E-state index in [1.807, 2.05) is 0 Å². The number of rotatable bonds is 5. The molecule has 1 N–H and O–H groups in total. The van der Waals surface area contributed by atoms with Gasteiger partial charge in [0.05, 0.1) is 0 Å². The lowest BCUT2D eigenvalue weighted by molar-refractivity contribution is 0.283. The van der Waals surface area contributed by atoms with Gasteiger partial charge in [-0.15, -0.1) is 0 Å². The first-order chi connectivity index (χ1) is 9.27. The van der Waals surface area contributed by atoms with E-state index in [1.54, 1.807) is 0 Å². The van der Waals surface area contributed by atoms with Crippen LogP contribution >= 0.6 is 0 Å². The molecule has 1 aromatic rings. The van der Waals surface area contributed by atoms with Gasteiger partial charge in [-0.1, -0.05) is 31.7 Å². The number of nitrogens with one attached hydrogen (secondary N) is 1. The van der Waals surface area contributed by atoms with Crippen molar-refractivity contribution in [3.63, 3.8) is 0 Å². The highest BCUT2D eigenvalue weighted by Gasteiger charge is 2.12. The van der Waals surface area contributed by atoms with E-state index < -0.39 is 11.6 Å². The molecule has 0 aromatic heterocycles. The quantitative estimate of drug-likeness (QED) is 0.650. The number of hydrogen-bond donors (Lipinski definition) is 1. The predicted molar refractivity (Wildman–Crippen MR) is 71.3 cm³/mol. The zero-order valence-electron chi connectivity index (χ0n) is 11.1. The van der Waals surface area contributed by atoms with Crippen LogP contribution in [0, 0.1) is 11.6 Å². The van der Waals surface area contributed by atoms with Crippen molar-refractivity contribution < 1.29 is 13.5 Å². The Morgan fingerprint density at radius 1 is 1.11 bits per heavy atom. The Labute approximate surface area is 113 Å². The fourth-order valence-corrected chi connectivity index (χ4v) is 2.50. The predicted octanol–water partition coefficient (Wildman–Crippen LogP) is 3.66. The topological polar surface area (TPSA) is 21.3 Å². The normalized spacial score (nSPS) is 17.2. The van der Waals surface area contributed by atoms with E-state index in [4.69, 9.17) is 4.74 Å². The molecule has 2 rings (SSSR count). The van der Waals surface area contributed by atoms with Crippen LogP contribution in [0.1, 0.15) is 38.5 Å². The van der Waals surface area contributed by atoms with Gasteiger partial charge in [-0.05, 0) is 25.0 Å². The Kier molecular flexibility index (Phi) is 5.58. The van der Waals surface area contributed by atoms with Crippen LogP contribution in [0.15, 0.2) is 18.2 Å². The number of benzene rings is 1. The molecule has 106 valence electrons. The van der Waals surface area contributed by atoms with Crippen LogP contribution in [0.2, 0.25) is 0 Å². The van der Waals surface area contributed by atoms with Gasteiger partial charge >= 0.3 is 0 Å². The number of hydrogen-bond acceptors (Lipinski definition) is 2. The molecule has 0 amide bonds. The molecule has 0 atom stereocenters. The van der Waals surface area contributed by atoms with Crippen LogP contribution in [0.3, 0.4) is 0 Å². The van der Waals surface area contributed by atoms with Crippen molar-refractivity contribution in [2.24, 2.45) is 0 Å². The lowest BCUT2D eigenvalue weighted by atomic mass is 10.1. The lowest BCUT2D eigenvalue weighted by Gasteiger charge is -2.16. The number of ether oxygens (including phenoxy) is 1. The third-order valence-electron chi connectivity index (χ3n) is 3.56. The van der Waals surface area contributed by atoms with E-state index in [-0.39, 0.29) is 5.75 Å². The first kappa shape index (κ1) is 14.3. The molecule has 0 spiro atoms. The van der Waals surface area contributed by atoms with Crippen molar-refractivity contribution in [1.29, 1.82) is 0 Å². The third-order valence-corrected chi connectivity index (χ3v) is 3.56. The minimum Gasteiger partial charge on any atom is -0.489 e. The van der Waals surface area contributed by atoms with Gasteiger partial charge in [0.1, 0.15) is 6.61 Å². The molecule has 0 radical (unpaired) electrons. The molecule has 0 bridgehead atoms. The molecule has 1 aliphatic carbocycles. The molecule has 1 fully saturated rings. The van der Waals surface area contributed by atoms with E-state index in [1.165, 1.54) is 50.7 Å². The molecule has 0 unspecified atom stereocenters. The van der Waals surface area contributed by atoms with Crippen LogP contribution in [0.5, 0.6) is 5.75 Å². The van der Waals surface area contributed by atoms with Crippen LogP contribution in [-0.2, 0) is 0 Å². The molecule has 0 heterocycles. The molecule has 1 aromatic carbocycles. The Balaban J connectivity index is 1.70. The Bertz CT molecular complexity index is 390. The summed E-state index contributed by atoms with van der Waals surface area (Å²) in [5.41, 5.74) is 0. The van der Waals surface area contributed by atoms with E-state index >= 15 is 0 Å². The summed E-state index contributed by atoms with van der Waals surface area (Å²) in [4.78, 5) is 0. The summed E-state index contributed by atoms with van der Waals surface area (Å²) < 4.78 is 31.5. The second-order valence-electron chi connectivity index (χ2n) is 5.04. The van der Waals surface area contributed by atoms with E-state index in [0.717, 1.165) is 6.07 Å². The molecule has 19 heavy (non-hydrogen) atoms. The molecule has 4 heteroatoms. The second-order valence-corrected chi connectivity index (χ2v) is 5.04. The summed E-state index contributed by atoms with van der Waals surface area (Å²) in [6.45, 7) is 1.03. The highest BCUT2D eigenvalue weighted by Crippen LogP contribution is 2.19. The Hall–Kier alpha value is -1.16. The fraction of sp³-hybridized carbons (Fsp3) is 0.600. The number of halogens is 2. The molecule has 0 saturated heterocycles. The fourth-order valence-electron chi connectivity index (χ4n) is 2.50. The van der Waals surface area contributed by atoms with Gasteiger partial charge in [-0.2, -0.15) is 4.39 Å². The summed E-state index contributed by atoms with van der Waals surface area (Å²) in [5, 5.41) is 3.42. The Morgan fingerprint density at radius 3 is 2.58 bits per heavy atom. The van der Waals surface area contributed by atoms with Gasteiger partial charge < -0.3 is 10.1 Å². The second kappa shape index (κ2) is 7.43. The van der Waals surface area contributed by atoms with Crippen molar-refractivity contribution in [3.05, 3.63) is 29.8 Å². The van der Waals surface area contributed by atoms with Gasteiger partial charge in [0, 0.05) is 12.6 Å². The van der Waals surface area contributed by atoms with Gasteiger partial charge in [-0.3, -0.25) is 0 Å². The van der Waals surface area contributed by atoms with Crippen LogP contribution in [-0.4, -0.2) is 19.2 Å². The highest BCUT2D eigenvalue weighted by atomic mass is 19.2. The first-order valence-corrected chi connectivity index (χ1v) is 7.07. The zero-order valence-corrected chi connectivity index (χ0v) is 11.1. The summed E-state index contributed by atoms with van der Waals surface area (Å²) in [6, 6.07) is 4.53. The maximum absolute atomic E-state index is 13.3. The molecule has 2 nitrogen and oxygen atoms in total. The summed E-state index contributed by atoms with van der Waals surface area (Å²) in [5.74, 6) is -1.78. The van der Waals surface area contributed by atoms with E-state index in [0.29, 0.717) is 19.2 Å². The van der Waals surface area contributed by atoms with Gasteiger partial charge in [-0.25, -0.2) is 4.39 Å². The standard InChI is InChI=1S/C15H21F2NO/c16-13-8-5-9-14(15(13)17)19-11-10-18-12-6-3-1-2-4-7-12/h5,8-9,12,18H,1-4,6-7,10-11H2. The zero-order chi connectivity index (χ0) is 13.5. The highest BCUT2D eigenvalue weighted by molar-refractivity contribution is 5.24. The Morgan fingerprint density at radius 2 is 1.84 bits per heavy atom. The average Bonchev–Trinajstić information content (AvgIpc) is 2.68. The van der Waals surface area contributed by atoms with Crippen molar-refractivity contribution in [2.75, 3.05) is 13.2 Å². The lowest BCUT2D eigenvalue weighted by Crippen LogP contribution is -2.32. The molecule has 1 aliphatic rings. The van der Waals surface area contributed by atoms with Crippen LogP contribution in [0.25, 0.3) is 0 Å². The van der Waals surface area contributed by atoms with Crippen molar-refractivity contribution >= 4 is 0 Å². The third kappa shape index (κ3) is 4.46. The maximum Gasteiger partial charge on any atom is 0.200 e. The van der Waals surface area contributed by atoms with Crippen molar-refractivity contribution in [1.82, 2.24) is 5.32 Å². The van der Waals surface area contributed by atoms with Crippen molar-refractivity contribution in [3.8, 4) is 5.75 Å². The largest absolute Gasteiger partial charge is 0.489 e. The minimum absolute atomic E-state index is 0.0114. The first-order valence-electron chi connectivity index (χ1n) is 7.07. The monoisotopic (exact) mass is 269 g/mol. The summed E-state index contributed by atoms with van der Waals surface area (Å²) >= 11 is 0. The smallest absolute Gasteiger partial charge is 0.200 e. The van der Waals surface area contributed by atoms with Crippen LogP contribution < -0.4 is 10.1 Å². The molecule has 1 saturated carbocycles. The maximum atomic E-state index is 13.3. The minimum atomic E-state index is -0.906. The van der Waals surface area contributed by atoms with Gasteiger partial charge in [0.2, 0.25) is 5.82 Å². The summed E-state index contributed by atoms with van der Waals surface area (Å²) in [6.07, 6.45) is 7.60. The van der Waals surface area contributed by atoms with Gasteiger partial charge in [0.15, 0.2) is 11.6 Å². The molecular formula is C15H21F2NO. The molecule has 0 aliphatic heterocycles. The average molecular weight is 269 g/mol. The van der Waals surface area contributed by atoms with Crippen molar-refractivity contribution in [2.45, 2.75) is 44.6 Å². The SMILES string of the molecule is Fc1cccc(OCCNC2CCCCCC2)c1F. The van der Waals surface area contributed by atoms with Crippen LogP contribution in [0.4, 0.5) is 8.78 Å².